The summed E-state index contributed by atoms with van der Waals surface area (Å²) >= 11 is 1.60. The SMILES string of the molecule is CCc1ccccc1NC(=O)N1CC[C@@]2(C1)CN(c1ccsc1)C(=O)CN2C. The van der Waals surface area contributed by atoms with E-state index in [1.54, 1.807) is 11.3 Å². The first-order chi connectivity index (χ1) is 13.5. The molecule has 1 aromatic carbocycles. The quantitative estimate of drug-likeness (QED) is 0.863. The molecule has 2 aliphatic heterocycles. The summed E-state index contributed by atoms with van der Waals surface area (Å²) in [6, 6.07) is 9.85. The highest BCUT2D eigenvalue weighted by molar-refractivity contribution is 7.08. The van der Waals surface area contributed by atoms with Gasteiger partial charge in [-0.05, 0) is 43.0 Å². The van der Waals surface area contributed by atoms with Crippen molar-refractivity contribution in [3.05, 3.63) is 46.7 Å². The molecule has 2 saturated heterocycles. The molecule has 0 saturated carbocycles. The number of hydrogen-bond donors (Lipinski definition) is 1. The molecule has 1 N–H and O–H groups in total. The summed E-state index contributed by atoms with van der Waals surface area (Å²) in [7, 11) is 2.00. The number of aryl methyl sites for hydroxylation is 1. The van der Waals surface area contributed by atoms with Gasteiger partial charge in [-0.25, -0.2) is 4.79 Å². The van der Waals surface area contributed by atoms with Crippen molar-refractivity contribution in [3.63, 3.8) is 0 Å². The van der Waals surface area contributed by atoms with E-state index < -0.39 is 0 Å². The van der Waals surface area contributed by atoms with Crippen LogP contribution in [0.25, 0.3) is 0 Å². The Balaban J connectivity index is 1.49. The van der Waals surface area contributed by atoms with Crippen molar-refractivity contribution < 1.29 is 9.59 Å². The summed E-state index contributed by atoms with van der Waals surface area (Å²) in [5, 5.41) is 7.08. The molecular weight excluding hydrogens is 372 g/mol. The molecule has 28 heavy (non-hydrogen) atoms. The van der Waals surface area contributed by atoms with Crippen LogP contribution in [0.5, 0.6) is 0 Å². The van der Waals surface area contributed by atoms with Gasteiger partial charge in [-0.15, -0.1) is 0 Å². The fourth-order valence-electron chi connectivity index (χ4n) is 4.22. The molecule has 1 spiro atoms. The van der Waals surface area contributed by atoms with Crippen molar-refractivity contribution in [2.45, 2.75) is 25.3 Å². The molecule has 3 amide bonds. The van der Waals surface area contributed by atoms with Gasteiger partial charge < -0.3 is 15.1 Å². The number of rotatable bonds is 3. The molecule has 1 aromatic heterocycles. The van der Waals surface area contributed by atoms with E-state index in [1.165, 1.54) is 0 Å². The average molecular weight is 399 g/mol. The fraction of sp³-hybridized carbons (Fsp3) is 0.429. The van der Waals surface area contributed by atoms with Gasteiger partial charge in [-0.3, -0.25) is 9.69 Å². The number of amides is 3. The first-order valence-electron chi connectivity index (χ1n) is 9.70. The molecule has 4 rings (SSSR count). The van der Waals surface area contributed by atoms with Crippen LogP contribution in [0.1, 0.15) is 18.9 Å². The number of para-hydroxylation sites is 1. The number of nitrogens with zero attached hydrogens (tertiary/aromatic N) is 3. The lowest BCUT2D eigenvalue weighted by molar-refractivity contribution is -0.123. The Kier molecular flexibility index (Phi) is 5.12. The van der Waals surface area contributed by atoms with E-state index >= 15 is 0 Å². The Morgan fingerprint density at radius 1 is 1.25 bits per heavy atom. The fourth-order valence-corrected chi connectivity index (χ4v) is 4.86. The van der Waals surface area contributed by atoms with Gasteiger partial charge in [0, 0.05) is 30.7 Å². The van der Waals surface area contributed by atoms with E-state index in [4.69, 9.17) is 0 Å². The number of carbonyl (C=O) groups excluding carboxylic acids is 2. The second-order valence-electron chi connectivity index (χ2n) is 7.65. The van der Waals surface area contributed by atoms with Gasteiger partial charge in [-0.1, -0.05) is 25.1 Å². The second kappa shape index (κ2) is 7.56. The minimum atomic E-state index is -0.197. The van der Waals surface area contributed by atoms with Gasteiger partial charge in [0.15, 0.2) is 0 Å². The number of nitrogens with one attached hydrogen (secondary N) is 1. The largest absolute Gasteiger partial charge is 0.323 e. The first kappa shape index (κ1) is 19.0. The average Bonchev–Trinajstić information content (AvgIpc) is 3.36. The lowest BCUT2D eigenvalue weighted by atomic mass is 9.93. The van der Waals surface area contributed by atoms with Crippen LogP contribution in [-0.4, -0.2) is 60.5 Å². The molecule has 2 aliphatic rings. The number of likely N-dealkylation sites (N-methyl/N-ethyl adjacent to an activating group) is 1. The number of carbonyl (C=O) groups is 2. The molecular formula is C21H26N4O2S. The maximum atomic E-state index is 12.9. The van der Waals surface area contributed by atoms with Crippen molar-refractivity contribution in [3.8, 4) is 0 Å². The third kappa shape index (κ3) is 3.40. The maximum absolute atomic E-state index is 12.9. The van der Waals surface area contributed by atoms with Crippen LogP contribution >= 0.6 is 11.3 Å². The highest BCUT2D eigenvalue weighted by atomic mass is 32.1. The number of thiophene rings is 1. The molecule has 2 fully saturated rings. The lowest BCUT2D eigenvalue weighted by Crippen LogP contribution is -2.64. The molecule has 3 heterocycles. The Morgan fingerprint density at radius 3 is 2.82 bits per heavy atom. The maximum Gasteiger partial charge on any atom is 0.321 e. The van der Waals surface area contributed by atoms with Crippen LogP contribution in [0.4, 0.5) is 16.2 Å². The van der Waals surface area contributed by atoms with E-state index in [9.17, 15) is 9.59 Å². The molecule has 0 aliphatic carbocycles. The van der Waals surface area contributed by atoms with E-state index in [2.05, 4.69) is 17.1 Å². The van der Waals surface area contributed by atoms with Crippen LogP contribution in [0, 0.1) is 0 Å². The zero-order valence-electron chi connectivity index (χ0n) is 16.4. The van der Waals surface area contributed by atoms with Gasteiger partial charge in [0.1, 0.15) is 0 Å². The summed E-state index contributed by atoms with van der Waals surface area (Å²) in [5.41, 5.74) is 2.77. The number of likely N-dealkylation sites (tertiary alicyclic amines) is 1. The Hall–Kier alpha value is -2.38. The summed E-state index contributed by atoms with van der Waals surface area (Å²) in [6.07, 6.45) is 1.74. The van der Waals surface area contributed by atoms with Gasteiger partial charge in [0.25, 0.3) is 0 Å². The van der Waals surface area contributed by atoms with Crippen molar-refractivity contribution in [2.24, 2.45) is 0 Å². The van der Waals surface area contributed by atoms with Crippen LogP contribution in [0.3, 0.4) is 0 Å². The van der Waals surface area contributed by atoms with Crippen LogP contribution in [0.15, 0.2) is 41.1 Å². The van der Waals surface area contributed by atoms with Crippen molar-refractivity contribution >= 4 is 34.6 Å². The highest BCUT2D eigenvalue weighted by Gasteiger charge is 2.48. The normalized spacial score (nSPS) is 22.9. The molecule has 1 atom stereocenters. The monoisotopic (exact) mass is 398 g/mol. The van der Waals surface area contributed by atoms with Crippen molar-refractivity contribution in [2.75, 3.05) is 43.4 Å². The van der Waals surface area contributed by atoms with Crippen LogP contribution < -0.4 is 10.2 Å². The van der Waals surface area contributed by atoms with Gasteiger partial charge in [0.2, 0.25) is 5.91 Å². The van der Waals surface area contributed by atoms with Gasteiger partial charge in [-0.2, -0.15) is 11.3 Å². The molecule has 148 valence electrons. The molecule has 7 heteroatoms. The predicted molar refractivity (Wildman–Crippen MR) is 113 cm³/mol. The Labute approximate surface area is 169 Å². The summed E-state index contributed by atoms with van der Waals surface area (Å²) in [4.78, 5) is 31.4. The molecule has 0 bridgehead atoms. The summed E-state index contributed by atoms with van der Waals surface area (Å²) in [6.45, 7) is 4.40. The number of anilines is 2. The number of urea groups is 1. The zero-order chi connectivity index (χ0) is 19.7. The summed E-state index contributed by atoms with van der Waals surface area (Å²) < 4.78 is 0. The minimum Gasteiger partial charge on any atom is -0.323 e. The Morgan fingerprint density at radius 2 is 2.07 bits per heavy atom. The van der Waals surface area contributed by atoms with E-state index in [0.29, 0.717) is 26.2 Å². The van der Waals surface area contributed by atoms with Gasteiger partial charge in [0.05, 0.1) is 17.8 Å². The molecule has 0 radical (unpaired) electrons. The molecule has 0 unspecified atom stereocenters. The third-order valence-electron chi connectivity index (χ3n) is 6.01. The smallest absolute Gasteiger partial charge is 0.321 e. The molecule has 6 nitrogen and oxygen atoms in total. The number of benzene rings is 1. The topological polar surface area (TPSA) is 55.9 Å². The molecule has 2 aromatic rings. The minimum absolute atomic E-state index is 0.0647. The van der Waals surface area contributed by atoms with Crippen LogP contribution in [-0.2, 0) is 11.2 Å². The number of hydrogen-bond acceptors (Lipinski definition) is 4. The van der Waals surface area contributed by atoms with Crippen LogP contribution in [0.2, 0.25) is 0 Å². The number of piperazine rings is 1. The standard InChI is InChI=1S/C21H26N4O2S/c1-3-16-6-4-5-7-18(16)22-20(27)24-10-9-21(14-24)15-25(17-8-11-28-13-17)19(26)12-23(21)2/h4-8,11,13H,3,9-10,12,14-15H2,1-2H3,(H,22,27)/t21-/m1/s1. The van der Waals surface area contributed by atoms with Crippen molar-refractivity contribution in [1.29, 1.82) is 0 Å². The highest BCUT2D eigenvalue weighted by Crippen LogP contribution is 2.34. The van der Waals surface area contributed by atoms with E-state index in [1.807, 2.05) is 57.9 Å². The van der Waals surface area contributed by atoms with Crippen molar-refractivity contribution in [1.82, 2.24) is 9.80 Å². The third-order valence-corrected chi connectivity index (χ3v) is 6.68. The van der Waals surface area contributed by atoms with Gasteiger partial charge >= 0.3 is 6.03 Å². The Bertz CT molecular complexity index is 869. The van der Waals surface area contributed by atoms with E-state index in [0.717, 1.165) is 29.8 Å². The lowest BCUT2D eigenvalue weighted by Gasteiger charge is -2.46. The first-order valence-corrected chi connectivity index (χ1v) is 10.6. The van der Waals surface area contributed by atoms with E-state index in [-0.39, 0.29) is 17.5 Å². The second-order valence-corrected chi connectivity index (χ2v) is 8.43. The zero-order valence-corrected chi connectivity index (χ0v) is 17.2. The summed E-state index contributed by atoms with van der Waals surface area (Å²) in [5.74, 6) is 0.117. The predicted octanol–water partition coefficient (Wildman–Crippen LogP) is 3.27.